The van der Waals surface area contributed by atoms with E-state index in [-0.39, 0.29) is 11.9 Å². The van der Waals surface area contributed by atoms with Crippen molar-refractivity contribution in [1.29, 1.82) is 0 Å². The second-order valence-corrected chi connectivity index (χ2v) is 11.4. The topological polar surface area (TPSA) is 36.1 Å². The molecule has 0 aliphatic rings. The molecule has 0 saturated heterocycles. The van der Waals surface area contributed by atoms with Crippen molar-refractivity contribution in [3.05, 3.63) is 155 Å². The first-order valence-electron chi connectivity index (χ1n) is 17.2. The Morgan fingerprint density at radius 1 is 0.896 bits per heavy atom. The van der Waals surface area contributed by atoms with Gasteiger partial charge in [-0.3, -0.25) is 0 Å². The van der Waals surface area contributed by atoms with Gasteiger partial charge in [-0.05, 0) is 91.3 Å². The van der Waals surface area contributed by atoms with Crippen molar-refractivity contribution < 1.29 is 4.39 Å². The molecule has 48 heavy (non-hydrogen) atoms. The number of aryl methyl sites for hydroxylation is 1. The molecule has 0 amide bonds. The molecule has 0 aliphatic heterocycles. The Balaban J connectivity index is 0.00000113. The molecule has 0 bridgehead atoms. The number of allylic oxidation sites excluding steroid dienone is 3. The van der Waals surface area contributed by atoms with Gasteiger partial charge >= 0.3 is 0 Å². The molecular formula is C44H58FN3. The van der Waals surface area contributed by atoms with Crippen LogP contribution in [0.3, 0.4) is 0 Å². The maximum atomic E-state index is 13.5. The third-order valence-corrected chi connectivity index (χ3v) is 7.61. The Hall–Kier alpha value is -4.59. The summed E-state index contributed by atoms with van der Waals surface area (Å²) in [6.45, 7) is 24.9. The van der Waals surface area contributed by atoms with Crippen molar-refractivity contribution >= 4 is 11.3 Å². The van der Waals surface area contributed by atoms with E-state index >= 15 is 0 Å². The van der Waals surface area contributed by atoms with Gasteiger partial charge in [0.05, 0.1) is 0 Å². The van der Waals surface area contributed by atoms with E-state index in [1.807, 2.05) is 57.3 Å². The van der Waals surface area contributed by atoms with E-state index in [2.05, 4.69) is 87.5 Å². The summed E-state index contributed by atoms with van der Waals surface area (Å²) in [5, 5.41) is 9.95. The number of unbranched alkanes of at least 4 members (excludes halogenated alkanes) is 4. The largest absolute Gasteiger partial charge is 0.362 e. The Labute approximate surface area is 291 Å². The fourth-order valence-corrected chi connectivity index (χ4v) is 4.78. The molecule has 3 rings (SSSR count). The smallest absolute Gasteiger partial charge is 0.123 e. The summed E-state index contributed by atoms with van der Waals surface area (Å²) >= 11 is 0. The molecule has 0 heterocycles. The third-order valence-electron chi connectivity index (χ3n) is 7.61. The van der Waals surface area contributed by atoms with Crippen LogP contribution in [0.5, 0.6) is 0 Å². The van der Waals surface area contributed by atoms with Crippen LogP contribution in [-0.2, 0) is 6.42 Å². The summed E-state index contributed by atoms with van der Waals surface area (Å²) in [4.78, 5) is 0. The predicted molar refractivity (Wildman–Crippen MR) is 210 cm³/mol. The number of hydrogen-bond donors (Lipinski definition) is 3. The van der Waals surface area contributed by atoms with Crippen LogP contribution in [0.4, 0.5) is 4.39 Å². The van der Waals surface area contributed by atoms with E-state index < -0.39 is 0 Å². The second kappa shape index (κ2) is 23.7. The van der Waals surface area contributed by atoms with E-state index in [4.69, 9.17) is 6.42 Å². The lowest BCUT2D eigenvalue weighted by molar-refractivity contribution is 0.627. The average molecular weight is 648 g/mol. The molecule has 4 heteroatoms. The van der Waals surface area contributed by atoms with E-state index in [9.17, 15) is 4.39 Å². The Kier molecular flexibility index (Phi) is 20.4. The highest BCUT2D eigenvalue weighted by Gasteiger charge is 2.10. The highest BCUT2D eigenvalue weighted by atomic mass is 19.1. The molecule has 3 aromatic rings. The average Bonchev–Trinajstić information content (AvgIpc) is 3.10. The highest BCUT2D eigenvalue weighted by molar-refractivity contribution is 5.78. The lowest BCUT2D eigenvalue weighted by atomic mass is 9.94. The van der Waals surface area contributed by atoms with E-state index in [0.29, 0.717) is 6.42 Å². The lowest BCUT2D eigenvalue weighted by Crippen LogP contribution is -2.31. The van der Waals surface area contributed by atoms with Gasteiger partial charge in [0.2, 0.25) is 0 Å². The maximum Gasteiger partial charge on any atom is 0.123 e. The summed E-state index contributed by atoms with van der Waals surface area (Å²) < 4.78 is 13.5. The zero-order chi connectivity index (χ0) is 35.9. The molecule has 1 atom stereocenters. The number of hydrogen-bond acceptors (Lipinski definition) is 3. The standard InChI is InChI=1S/C35H36FN3.C7H16.C2H6/c1-8-28-11-10-12-31(21-28)35(38-9-2)18-17-34(39-27(6)26(5)37-7)23-29-19-24(3)20-32(22-29)25(4)30-13-15-33(36)16-14-30;1-3-5-7-6-4-2;1-2/h1,9-22,26,37-39H,2,4,6,23H2,3,5,7H3;3-7H2,1-2H3;1-2H3/b34-17+,35-18-;;. The maximum absolute atomic E-state index is 13.5. The summed E-state index contributed by atoms with van der Waals surface area (Å²) in [6, 6.07) is 20.7. The first-order valence-corrected chi connectivity index (χ1v) is 17.2. The summed E-state index contributed by atoms with van der Waals surface area (Å²) in [6.07, 6.45) is 18.9. The quantitative estimate of drug-likeness (QED) is 0.0822. The normalized spacial score (nSPS) is 11.5. The van der Waals surface area contributed by atoms with Crippen LogP contribution in [0.15, 0.2) is 116 Å². The zero-order valence-corrected chi connectivity index (χ0v) is 30.5. The fraction of sp³-hybridized carbons (Fsp3) is 0.318. The molecule has 0 fully saturated rings. The number of nitrogens with one attached hydrogen (secondary N) is 3. The number of likely N-dealkylation sites (N-methyl/N-ethyl adjacent to an activating group) is 1. The van der Waals surface area contributed by atoms with Crippen LogP contribution in [0.1, 0.15) is 100 Å². The minimum Gasteiger partial charge on any atom is -0.362 e. The molecule has 0 aromatic heterocycles. The molecular weight excluding hydrogens is 590 g/mol. The summed E-state index contributed by atoms with van der Waals surface area (Å²) in [7, 11) is 1.90. The number of rotatable bonds is 16. The predicted octanol–water partition coefficient (Wildman–Crippen LogP) is 11.1. The molecule has 0 saturated carbocycles. The molecule has 0 spiro atoms. The Bertz CT molecular complexity index is 1530. The van der Waals surface area contributed by atoms with Gasteiger partial charge in [-0.15, -0.1) is 6.42 Å². The van der Waals surface area contributed by atoms with Gasteiger partial charge in [0.1, 0.15) is 5.82 Å². The monoisotopic (exact) mass is 647 g/mol. The SMILES string of the molecule is C#Cc1cccc(/C(=C/C=C(\Cc2cc(C)cc(C(=C)c3ccc(F)cc3)c2)NC(=C)C(C)NC)NC=C)c1.CC.CCCCCCC. The molecule has 256 valence electrons. The van der Waals surface area contributed by atoms with Crippen molar-refractivity contribution in [1.82, 2.24) is 16.0 Å². The molecule has 0 radical (unpaired) electrons. The fourth-order valence-electron chi connectivity index (χ4n) is 4.78. The minimum absolute atomic E-state index is 0.0711. The van der Waals surface area contributed by atoms with Gasteiger partial charge in [0.25, 0.3) is 0 Å². The van der Waals surface area contributed by atoms with Crippen LogP contribution >= 0.6 is 0 Å². The third kappa shape index (κ3) is 14.9. The number of halogens is 1. The van der Waals surface area contributed by atoms with Crippen molar-refractivity contribution in [2.24, 2.45) is 0 Å². The van der Waals surface area contributed by atoms with Crippen molar-refractivity contribution in [3.63, 3.8) is 0 Å². The van der Waals surface area contributed by atoms with E-state index in [1.54, 1.807) is 18.3 Å². The van der Waals surface area contributed by atoms with Gasteiger partial charge in [0.15, 0.2) is 0 Å². The van der Waals surface area contributed by atoms with Crippen LogP contribution < -0.4 is 16.0 Å². The van der Waals surface area contributed by atoms with Crippen LogP contribution in [-0.4, -0.2) is 13.1 Å². The van der Waals surface area contributed by atoms with Crippen molar-refractivity contribution in [3.8, 4) is 12.3 Å². The van der Waals surface area contributed by atoms with Gasteiger partial charge in [-0.25, -0.2) is 4.39 Å². The second-order valence-electron chi connectivity index (χ2n) is 11.4. The summed E-state index contributed by atoms with van der Waals surface area (Å²) in [5.74, 6) is 2.42. The van der Waals surface area contributed by atoms with Crippen LogP contribution in [0.25, 0.3) is 11.3 Å². The molecule has 1 unspecified atom stereocenters. The van der Waals surface area contributed by atoms with E-state index in [1.165, 1.54) is 44.2 Å². The Morgan fingerprint density at radius 3 is 2.15 bits per heavy atom. The zero-order valence-electron chi connectivity index (χ0n) is 30.5. The first-order chi connectivity index (χ1) is 23.1. The van der Waals surface area contributed by atoms with Gasteiger partial charge in [-0.1, -0.05) is 133 Å². The first kappa shape index (κ1) is 41.4. The number of benzene rings is 3. The number of terminal acetylenes is 1. The molecule has 3 nitrogen and oxygen atoms in total. The molecule has 3 aromatic carbocycles. The van der Waals surface area contributed by atoms with Crippen LogP contribution in [0.2, 0.25) is 0 Å². The van der Waals surface area contributed by atoms with E-state index in [0.717, 1.165) is 56.0 Å². The lowest BCUT2D eigenvalue weighted by Gasteiger charge is -2.19. The molecule has 0 aliphatic carbocycles. The van der Waals surface area contributed by atoms with Gasteiger partial charge < -0.3 is 16.0 Å². The highest BCUT2D eigenvalue weighted by Crippen LogP contribution is 2.25. The summed E-state index contributed by atoms with van der Waals surface area (Å²) in [5.41, 5.74) is 9.38. The molecule has 3 N–H and O–H groups in total. The van der Waals surface area contributed by atoms with Crippen molar-refractivity contribution in [2.45, 2.75) is 86.1 Å². The minimum atomic E-state index is -0.266. The van der Waals surface area contributed by atoms with Gasteiger partial charge in [0, 0.05) is 35.1 Å². The Morgan fingerprint density at radius 2 is 1.56 bits per heavy atom. The van der Waals surface area contributed by atoms with Gasteiger partial charge in [-0.2, -0.15) is 0 Å². The van der Waals surface area contributed by atoms with Crippen molar-refractivity contribution in [2.75, 3.05) is 7.05 Å². The van der Waals surface area contributed by atoms with Crippen LogP contribution in [0, 0.1) is 25.1 Å².